The number of rotatable bonds is 5. The van der Waals surface area contributed by atoms with E-state index in [2.05, 4.69) is 22.3 Å². The molecule has 1 saturated carbocycles. The number of hydrogen-bond acceptors (Lipinski definition) is 7. The second-order valence-electron chi connectivity index (χ2n) is 8.58. The van der Waals surface area contributed by atoms with Gasteiger partial charge in [0.05, 0.1) is 4.88 Å². The number of fused-ring (bicyclic) bond motifs is 1. The first-order chi connectivity index (χ1) is 16.8. The van der Waals surface area contributed by atoms with Crippen molar-refractivity contribution >= 4 is 49.8 Å². The number of nitrogens with one attached hydrogen (secondary N) is 1. The molecule has 35 heavy (non-hydrogen) atoms. The summed E-state index contributed by atoms with van der Waals surface area (Å²) < 4.78 is 12.8. The molecule has 0 bridgehead atoms. The lowest BCUT2D eigenvalue weighted by molar-refractivity contribution is -0.139. The molecule has 0 saturated heterocycles. The molecule has 3 aromatic heterocycles. The SMILES string of the molecule is Cc1ccccc1C(C)OC(=O)Nc1c(C#Cc2cc3sc(C4(C(=O)O)CC4)cc3s2)noc1C. The number of carbonyl (C=O) groups is 2. The van der Waals surface area contributed by atoms with Crippen LogP contribution < -0.4 is 5.32 Å². The molecule has 1 aliphatic rings. The molecule has 1 aromatic carbocycles. The fraction of sp³-hybridized carbons (Fsp3) is 0.269. The van der Waals surface area contributed by atoms with Crippen molar-refractivity contribution in [1.29, 1.82) is 0 Å². The highest BCUT2D eigenvalue weighted by Gasteiger charge is 2.53. The number of carboxylic acid groups (broad SMARTS) is 1. The molecule has 1 amide bonds. The number of benzene rings is 1. The second kappa shape index (κ2) is 8.87. The number of ether oxygens (including phenoxy) is 1. The van der Waals surface area contributed by atoms with Gasteiger partial charge in [-0.05, 0) is 68.7 Å². The monoisotopic (exact) mass is 506 g/mol. The molecule has 3 heterocycles. The van der Waals surface area contributed by atoms with Crippen LogP contribution in [0.25, 0.3) is 9.40 Å². The van der Waals surface area contributed by atoms with Crippen LogP contribution in [0.4, 0.5) is 10.5 Å². The van der Waals surface area contributed by atoms with Crippen molar-refractivity contribution in [3.8, 4) is 11.8 Å². The van der Waals surface area contributed by atoms with Crippen molar-refractivity contribution in [2.24, 2.45) is 0 Å². The van der Waals surface area contributed by atoms with Crippen molar-refractivity contribution in [2.75, 3.05) is 5.32 Å². The molecule has 0 radical (unpaired) electrons. The number of carbonyl (C=O) groups excluding carboxylic acids is 1. The summed E-state index contributed by atoms with van der Waals surface area (Å²) >= 11 is 3.01. The zero-order valence-corrected chi connectivity index (χ0v) is 20.9. The normalized spacial score (nSPS) is 14.7. The molecule has 7 nitrogen and oxygen atoms in total. The molecular weight excluding hydrogens is 484 g/mol. The average Bonchev–Trinajstić information content (AvgIpc) is 3.25. The Labute approximate surface area is 209 Å². The first-order valence-electron chi connectivity index (χ1n) is 11.1. The van der Waals surface area contributed by atoms with Crippen LogP contribution >= 0.6 is 22.7 Å². The molecule has 4 aromatic rings. The number of carboxylic acids is 1. The van der Waals surface area contributed by atoms with Gasteiger partial charge < -0.3 is 14.4 Å². The molecule has 1 fully saturated rings. The number of aryl methyl sites for hydroxylation is 2. The highest BCUT2D eigenvalue weighted by molar-refractivity contribution is 7.28. The number of aromatic nitrogens is 1. The summed E-state index contributed by atoms with van der Waals surface area (Å²) in [5, 5.41) is 16.2. The minimum Gasteiger partial charge on any atom is -0.481 e. The van der Waals surface area contributed by atoms with Crippen LogP contribution in [0.5, 0.6) is 0 Å². The van der Waals surface area contributed by atoms with Crippen LogP contribution in [0.1, 0.15) is 58.2 Å². The molecule has 0 spiro atoms. The summed E-state index contributed by atoms with van der Waals surface area (Å²) in [6.45, 7) is 5.48. The van der Waals surface area contributed by atoms with Gasteiger partial charge in [0.25, 0.3) is 0 Å². The topological polar surface area (TPSA) is 102 Å². The Kier molecular flexibility index (Phi) is 5.87. The first kappa shape index (κ1) is 23.1. The average molecular weight is 507 g/mol. The molecule has 9 heteroatoms. The number of anilines is 1. The van der Waals surface area contributed by atoms with Gasteiger partial charge in [-0.3, -0.25) is 10.1 Å². The maximum Gasteiger partial charge on any atom is 0.412 e. The van der Waals surface area contributed by atoms with E-state index in [9.17, 15) is 14.7 Å². The van der Waals surface area contributed by atoms with E-state index >= 15 is 0 Å². The van der Waals surface area contributed by atoms with Crippen LogP contribution in [0.15, 0.2) is 40.9 Å². The molecule has 2 N–H and O–H groups in total. The molecule has 0 aliphatic heterocycles. The Morgan fingerprint density at radius 1 is 1.17 bits per heavy atom. The fourth-order valence-electron chi connectivity index (χ4n) is 3.95. The van der Waals surface area contributed by atoms with Gasteiger partial charge in [-0.15, -0.1) is 22.7 Å². The number of amides is 1. The maximum absolute atomic E-state index is 12.5. The number of aliphatic carboxylic acids is 1. The zero-order chi connectivity index (χ0) is 24.7. The van der Waals surface area contributed by atoms with Gasteiger partial charge in [0, 0.05) is 14.3 Å². The van der Waals surface area contributed by atoms with Gasteiger partial charge in [0.1, 0.15) is 17.2 Å². The van der Waals surface area contributed by atoms with Crippen molar-refractivity contribution in [3.63, 3.8) is 0 Å². The van der Waals surface area contributed by atoms with E-state index in [1.54, 1.807) is 6.92 Å². The molecule has 1 unspecified atom stereocenters. The Hall–Kier alpha value is -3.61. The van der Waals surface area contributed by atoms with Crippen LogP contribution in [0.3, 0.4) is 0 Å². The number of thiophene rings is 2. The standard InChI is InChI=1S/C26H22N2O5S2/c1-14-6-4-5-7-18(14)15(2)32-25(31)27-23-16(3)33-28-19(23)9-8-17-12-20-21(34-17)13-22(35-20)26(10-11-26)24(29)30/h4-7,12-13,15H,10-11H2,1-3H3,(H,27,31)(H,29,30). The quantitative estimate of drug-likeness (QED) is 0.304. The Morgan fingerprint density at radius 3 is 2.60 bits per heavy atom. The highest BCUT2D eigenvalue weighted by atomic mass is 32.1. The molecular formula is C26H22N2O5S2. The first-order valence-corrected chi connectivity index (χ1v) is 12.7. The van der Waals surface area contributed by atoms with Crippen molar-refractivity contribution in [2.45, 2.75) is 45.1 Å². The van der Waals surface area contributed by atoms with Gasteiger partial charge >= 0.3 is 12.1 Å². The number of nitrogens with zero attached hydrogens (tertiary/aromatic N) is 1. The Bertz CT molecular complexity index is 1480. The molecule has 1 atom stereocenters. The summed E-state index contributed by atoms with van der Waals surface area (Å²) in [4.78, 5) is 25.9. The van der Waals surface area contributed by atoms with Crippen molar-refractivity contribution < 1.29 is 24.0 Å². The summed E-state index contributed by atoms with van der Waals surface area (Å²) in [7, 11) is 0. The van der Waals surface area contributed by atoms with Gasteiger partial charge in [-0.25, -0.2) is 4.79 Å². The minimum atomic E-state index is -0.750. The van der Waals surface area contributed by atoms with E-state index in [1.807, 2.05) is 50.2 Å². The second-order valence-corrected chi connectivity index (χ2v) is 10.7. The van der Waals surface area contributed by atoms with Crippen LogP contribution in [-0.2, 0) is 14.9 Å². The van der Waals surface area contributed by atoms with Gasteiger partial charge in [0.2, 0.25) is 0 Å². The predicted molar refractivity (Wildman–Crippen MR) is 135 cm³/mol. The highest BCUT2D eigenvalue weighted by Crippen LogP contribution is 2.52. The summed E-state index contributed by atoms with van der Waals surface area (Å²) in [5.74, 6) is 5.73. The third-order valence-corrected chi connectivity index (χ3v) is 8.56. The lowest BCUT2D eigenvalue weighted by Gasteiger charge is -2.16. The van der Waals surface area contributed by atoms with Crippen molar-refractivity contribution in [1.82, 2.24) is 5.16 Å². The summed E-state index contributed by atoms with van der Waals surface area (Å²) in [6, 6.07) is 11.7. The smallest absolute Gasteiger partial charge is 0.412 e. The molecule has 1 aliphatic carbocycles. The van der Waals surface area contributed by atoms with Crippen LogP contribution in [-0.4, -0.2) is 22.3 Å². The maximum atomic E-state index is 12.5. The van der Waals surface area contributed by atoms with E-state index in [1.165, 1.54) is 22.7 Å². The molecule has 178 valence electrons. The largest absolute Gasteiger partial charge is 0.481 e. The lowest BCUT2D eigenvalue weighted by atomic mass is 10.1. The lowest BCUT2D eigenvalue weighted by Crippen LogP contribution is -2.17. The minimum absolute atomic E-state index is 0.309. The summed E-state index contributed by atoms with van der Waals surface area (Å²) in [5.41, 5.74) is 1.96. The van der Waals surface area contributed by atoms with E-state index in [0.29, 0.717) is 30.0 Å². The zero-order valence-electron chi connectivity index (χ0n) is 19.3. The number of hydrogen-bond donors (Lipinski definition) is 2. The van der Waals surface area contributed by atoms with E-state index in [-0.39, 0.29) is 0 Å². The fourth-order valence-corrected chi connectivity index (χ4v) is 6.44. The van der Waals surface area contributed by atoms with E-state index in [0.717, 1.165) is 30.3 Å². The van der Waals surface area contributed by atoms with E-state index in [4.69, 9.17) is 9.26 Å². The predicted octanol–water partition coefficient (Wildman–Crippen LogP) is 6.39. The van der Waals surface area contributed by atoms with Crippen LogP contribution in [0, 0.1) is 25.7 Å². The van der Waals surface area contributed by atoms with Gasteiger partial charge in [-0.1, -0.05) is 29.4 Å². The van der Waals surface area contributed by atoms with Crippen LogP contribution in [0.2, 0.25) is 0 Å². The summed E-state index contributed by atoms with van der Waals surface area (Å²) in [6.07, 6.45) is 0.337. The Balaban J connectivity index is 1.30. The van der Waals surface area contributed by atoms with Crippen molar-refractivity contribution in [3.05, 3.63) is 68.7 Å². The molecule has 5 rings (SSSR count). The van der Waals surface area contributed by atoms with E-state index < -0.39 is 23.6 Å². The Morgan fingerprint density at radius 2 is 1.91 bits per heavy atom. The third kappa shape index (κ3) is 4.43. The van der Waals surface area contributed by atoms with Gasteiger partial charge in [0.15, 0.2) is 11.5 Å². The van der Waals surface area contributed by atoms with Gasteiger partial charge in [-0.2, -0.15) is 0 Å². The third-order valence-electron chi connectivity index (χ3n) is 6.14.